The predicted molar refractivity (Wildman–Crippen MR) is 84.5 cm³/mol. The molecule has 0 bridgehead atoms. The van der Waals surface area contributed by atoms with Crippen molar-refractivity contribution in [2.75, 3.05) is 0 Å². The molecular formula is C13H9CuN3O6-3. The molecule has 0 unspecified atom stereocenters. The fraction of sp³-hybridized carbons (Fsp3) is 0. The van der Waals surface area contributed by atoms with E-state index >= 15 is 0 Å². The van der Waals surface area contributed by atoms with Crippen molar-refractivity contribution < 1.29 is 17.1 Å². The third-order valence-electron chi connectivity index (χ3n) is 2.52. The van der Waals surface area contributed by atoms with Crippen LogP contribution in [-0.2, 0) is 17.1 Å². The Kier molecular flexibility index (Phi) is 13.6. The van der Waals surface area contributed by atoms with Gasteiger partial charge in [-0.1, -0.05) is 36.4 Å². The van der Waals surface area contributed by atoms with Gasteiger partial charge < -0.3 is 30.3 Å². The molecule has 23 heavy (non-hydrogen) atoms. The van der Waals surface area contributed by atoms with Crippen molar-refractivity contribution in [3.63, 3.8) is 0 Å². The summed E-state index contributed by atoms with van der Waals surface area (Å²) in [6.07, 6.45) is 0. The maximum Gasteiger partial charge on any atom is 1.00 e. The second kappa shape index (κ2) is 14.0. The molecule has 0 amide bonds. The maximum absolute atomic E-state index is 8.00. The second-order valence-corrected chi connectivity index (χ2v) is 3.54. The van der Waals surface area contributed by atoms with Crippen LogP contribution in [0, 0.1) is 30.3 Å². The Labute approximate surface area is 140 Å². The van der Waals surface area contributed by atoms with Gasteiger partial charge in [-0.15, -0.1) is 55.8 Å². The number of hydrogen-bond donors (Lipinski definition) is 0. The Morgan fingerprint density at radius 1 is 0.652 bits per heavy atom. The minimum Gasteiger partial charge on any atom is -0.444 e. The summed E-state index contributed by atoms with van der Waals surface area (Å²) in [6, 6.07) is 19.3. The number of nitrogens with zero attached hydrogens (tertiary/aromatic N) is 3. The molecule has 0 saturated carbocycles. The molecule has 0 heterocycles. The summed E-state index contributed by atoms with van der Waals surface area (Å²) < 4.78 is 0. The van der Waals surface area contributed by atoms with Crippen molar-refractivity contribution in [2.24, 2.45) is 16.0 Å². The van der Waals surface area contributed by atoms with Crippen molar-refractivity contribution in [3.8, 4) is 0 Å². The van der Waals surface area contributed by atoms with Gasteiger partial charge in [-0.05, 0) is 0 Å². The average molecular weight is 367 g/mol. The fourth-order valence-corrected chi connectivity index (χ4v) is 1.90. The molecule has 9 nitrogen and oxygen atoms in total. The van der Waals surface area contributed by atoms with Gasteiger partial charge in [0.1, 0.15) is 0 Å². The topological polar surface area (TPSA) is 157 Å². The Balaban J connectivity index is 0. The van der Waals surface area contributed by atoms with Crippen LogP contribution in [0.25, 0.3) is 21.5 Å². The van der Waals surface area contributed by atoms with E-state index in [9.17, 15) is 0 Å². The van der Waals surface area contributed by atoms with Crippen LogP contribution in [0.15, 0.2) is 70.6 Å². The summed E-state index contributed by atoms with van der Waals surface area (Å²) >= 11 is 0. The van der Waals surface area contributed by atoms with E-state index in [1.54, 1.807) is 0 Å². The van der Waals surface area contributed by atoms with Crippen LogP contribution >= 0.6 is 0 Å². The van der Waals surface area contributed by atoms with Gasteiger partial charge in [-0.25, -0.2) is 0 Å². The van der Waals surface area contributed by atoms with Gasteiger partial charge >= 0.3 is 17.1 Å². The first-order valence-electron chi connectivity index (χ1n) is 5.58. The van der Waals surface area contributed by atoms with Gasteiger partial charge in [-0.3, -0.25) is 0 Å². The van der Waals surface area contributed by atoms with Gasteiger partial charge in [-0.2, -0.15) is 0 Å². The molecule has 0 aliphatic carbocycles. The minimum atomic E-state index is 0. The molecular weight excluding hydrogens is 358 g/mol. The van der Waals surface area contributed by atoms with E-state index in [1.807, 2.05) is 0 Å². The third kappa shape index (κ3) is 7.55. The summed E-state index contributed by atoms with van der Waals surface area (Å²) in [5.41, 5.74) is 0. The molecule has 0 aliphatic heterocycles. The van der Waals surface area contributed by atoms with E-state index in [-0.39, 0.29) is 17.1 Å². The van der Waals surface area contributed by atoms with Crippen LogP contribution in [0.3, 0.4) is 0 Å². The molecule has 0 atom stereocenters. The quantitative estimate of drug-likeness (QED) is 0.247. The number of fused-ring (bicyclic) bond motifs is 3. The number of hydrogen-bond acceptors (Lipinski definition) is 9. The molecule has 0 fully saturated rings. The number of benzene rings is 2. The van der Waals surface area contributed by atoms with Gasteiger partial charge in [0.15, 0.2) is 0 Å². The number of rotatable bonds is 0. The van der Waals surface area contributed by atoms with Crippen molar-refractivity contribution in [1.29, 1.82) is 0 Å². The first kappa shape index (κ1) is 22.3. The van der Waals surface area contributed by atoms with Crippen LogP contribution in [-0.4, -0.2) is 0 Å². The summed E-state index contributed by atoms with van der Waals surface area (Å²) in [7, 11) is 0. The van der Waals surface area contributed by atoms with E-state index in [1.165, 1.54) is 21.5 Å². The molecule has 0 aromatic heterocycles. The van der Waals surface area contributed by atoms with Crippen molar-refractivity contribution in [2.45, 2.75) is 0 Å². The van der Waals surface area contributed by atoms with Crippen LogP contribution in [0.1, 0.15) is 0 Å². The summed E-state index contributed by atoms with van der Waals surface area (Å²) in [6.45, 7) is 0. The molecule has 126 valence electrons. The molecule has 0 spiro atoms. The molecule has 10 heteroatoms. The van der Waals surface area contributed by atoms with Crippen molar-refractivity contribution in [1.82, 2.24) is 0 Å². The fourth-order valence-electron chi connectivity index (χ4n) is 1.90. The molecule has 0 radical (unpaired) electrons. The normalized spacial score (nSPS) is 7.83. The van der Waals surface area contributed by atoms with Crippen molar-refractivity contribution in [3.05, 3.63) is 84.9 Å². The zero-order valence-corrected chi connectivity index (χ0v) is 12.2. The van der Waals surface area contributed by atoms with Gasteiger partial charge in [0.05, 0.1) is 0 Å². The summed E-state index contributed by atoms with van der Waals surface area (Å²) in [5.74, 6) is 0. The smallest absolute Gasteiger partial charge is 0.444 e. The summed E-state index contributed by atoms with van der Waals surface area (Å²) in [5, 5.41) is 32.4. The zero-order chi connectivity index (χ0) is 16.8. The largest absolute Gasteiger partial charge is 1.00 e. The molecule has 3 aromatic rings. The minimum absolute atomic E-state index is 0. The van der Waals surface area contributed by atoms with E-state index in [0.717, 1.165) is 16.0 Å². The van der Waals surface area contributed by atoms with Crippen LogP contribution < -0.4 is 0 Å². The first-order valence-corrected chi connectivity index (χ1v) is 5.58. The standard InChI is InChI=1S/C13H9.Cu.3HNO2/c1-3-7-12-10(5-1)9-11-6-2-4-8-13(11)12;;3*2-1-3/h1-9H;;3*(H,2,3)/q-1;+1;;;/p-3. The third-order valence-corrected chi connectivity index (χ3v) is 2.52. The van der Waals surface area contributed by atoms with E-state index in [4.69, 9.17) is 30.3 Å². The van der Waals surface area contributed by atoms with E-state index in [2.05, 4.69) is 54.6 Å². The maximum atomic E-state index is 8.00. The Morgan fingerprint density at radius 3 is 1.22 bits per heavy atom. The van der Waals surface area contributed by atoms with Gasteiger partial charge in [0, 0.05) is 0 Å². The second-order valence-electron chi connectivity index (χ2n) is 3.54. The molecule has 0 N–H and O–H groups in total. The first-order chi connectivity index (χ1) is 10.7. The molecule has 3 rings (SSSR count). The van der Waals surface area contributed by atoms with Crippen LogP contribution in [0.5, 0.6) is 0 Å². The molecule has 0 aliphatic rings. The monoisotopic (exact) mass is 366 g/mol. The average Bonchev–Trinajstić information content (AvgIpc) is 2.88. The van der Waals surface area contributed by atoms with E-state index in [0.29, 0.717) is 0 Å². The predicted octanol–water partition coefficient (Wildman–Crippen LogP) is 4.46. The summed E-state index contributed by atoms with van der Waals surface area (Å²) in [4.78, 5) is 24.0. The Morgan fingerprint density at radius 2 is 0.913 bits per heavy atom. The van der Waals surface area contributed by atoms with Crippen molar-refractivity contribution >= 4 is 21.5 Å². The van der Waals surface area contributed by atoms with Gasteiger partial charge in [0.2, 0.25) is 0 Å². The molecule has 3 aromatic carbocycles. The van der Waals surface area contributed by atoms with Gasteiger partial charge in [0.25, 0.3) is 0 Å². The Bertz CT molecular complexity index is 654. The Hall–Kier alpha value is -2.97. The van der Waals surface area contributed by atoms with E-state index < -0.39 is 0 Å². The molecule has 0 saturated heterocycles. The van der Waals surface area contributed by atoms with Crippen LogP contribution in [0.4, 0.5) is 0 Å². The zero-order valence-electron chi connectivity index (χ0n) is 11.3. The SMILES string of the molecule is O=N[O-].O=N[O-].O=N[O-].[Cu+].c1ccc2c(c1)[cH-]c1ccccc12. The van der Waals surface area contributed by atoms with Crippen LogP contribution in [0.2, 0.25) is 0 Å².